The Balaban J connectivity index is 0.00000400. The Morgan fingerprint density at radius 2 is 1.95 bits per heavy atom. The molecule has 0 aromatic carbocycles. The van der Waals surface area contributed by atoms with E-state index in [-0.39, 0.29) is 36.4 Å². The van der Waals surface area contributed by atoms with E-state index in [4.69, 9.17) is 4.74 Å². The van der Waals surface area contributed by atoms with Gasteiger partial charge in [0, 0.05) is 12.5 Å². The van der Waals surface area contributed by atoms with Crippen molar-refractivity contribution >= 4 is 24.3 Å². The Morgan fingerprint density at radius 3 is 2.43 bits per heavy atom. The quantitative estimate of drug-likeness (QED) is 0.704. The minimum Gasteiger partial charge on any atom is -0.461 e. The molecule has 0 spiro atoms. The molecule has 2 N–H and O–H groups in total. The van der Waals surface area contributed by atoms with E-state index in [1.54, 1.807) is 0 Å². The summed E-state index contributed by atoms with van der Waals surface area (Å²) in [7, 11) is 0. The first-order valence-corrected chi connectivity index (χ1v) is 7.61. The van der Waals surface area contributed by atoms with E-state index in [0.717, 1.165) is 19.4 Å². The maximum atomic E-state index is 12.0. The van der Waals surface area contributed by atoms with Crippen LogP contribution in [0.25, 0.3) is 0 Å². The molecule has 21 heavy (non-hydrogen) atoms. The van der Waals surface area contributed by atoms with Crippen LogP contribution in [0, 0.1) is 5.92 Å². The van der Waals surface area contributed by atoms with Gasteiger partial charge in [-0.2, -0.15) is 0 Å². The summed E-state index contributed by atoms with van der Waals surface area (Å²) in [5.41, 5.74) is 0. The van der Waals surface area contributed by atoms with Gasteiger partial charge in [-0.05, 0) is 45.6 Å². The van der Waals surface area contributed by atoms with Crippen LogP contribution < -0.4 is 10.6 Å². The van der Waals surface area contributed by atoms with Gasteiger partial charge in [-0.3, -0.25) is 4.79 Å². The first kappa shape index (κ1) is 20.2. The number of rotatable bonds is 7. The smallest absolute Gasteiger partial charge is 0.328 e. The molecular weight excluding hydrogens is 292 g/mol. The van der Waals surface area contributed by atoms with E-state index in [0.29, 0.717) is 18.8 Å². The molecule has 0 saturated carbocycles. The Morgan fingerprint density at radius 1 is 1.29 bits per heavy atom. The van der Waals surface area contributed by atoms with Gasteiger partial charge in [0.05, 0.1) is 6.10 Å². The summed E-state index contributed by atoms with van der Waals surface area (Å²) in [5, 5.41) is 6.11. The molecule has 1 amide bonds. The minimum absolute atomic E-state index is 0. The molecule has 1 fully saturated rings. The second-order valence-corrected chi connectivity index (χ2v) is 6.23. The Kier molecular flexibility index (Phi) is 9.62. The molecule has 124 valence electrons. The number of carbonyl (C=O) groups excluding carboxylic acids is 2. The van der Waals surface area contributed by atoms with Crippen molar-refractivity contribution in [1.29, 1.82) is 0 Å². The van der Waals surface area contributed by atoms with Crippen molar-refractivity contribution in [2.24, 2.45) is 5.92 Å². The van der Waals surface area contributed by atoms with Crippen LogP contribution in [-0.2, 0) is 14.3 Å². The van der Waals surface area contributed by atoms with E-state index < -0.39 is 6.04 Å². The van der Waals surface area contributed by atoms with Crippen LogP contribution >= 0.6 is 12.4 Å². The topological polar surface area (TPSA) is 67.4 Å². The van der Waals surface area contributed by atoms with Gasteiger partial charge in [0.25, 0.3) is 0 Å². The van der Waals surface area contributed by atoms with Crippen LogP contribution in [-0.4, -0.2) is 36.6 Å². The van der Waals surface area contributed by atoms with Crippen molar-refractivity contribution < 1.29 is 14.3 Å². The predicted molar refractivity (Wildman–Crippen MR) is 85.5 cm³/mol. The van der Waals surface area contributed by atoms with Gasteiger partial charge in [0.1, 0.15) is 6.04 Å². The van der Waals surface area contributed by atoms with E-state index in [9.17, 15) is 9.59 Å². The monoisotopic (exact) mass is 320 g/mol. The summed E-state index contributed by atoms with van der Waals surface area (Å²) in [5.74, 6) is -0.0817. The fourth-order valence-corrected chi connectivity index (χ4v) is 2.41. The number of halogens is 1. The van der Waals surface area contributed by atoms with Gasteiger partial charge in [0.15, 0.2) is 0 Å². The summed E-state index contributed by atoms with van der Waals surface area (Å²) < 4.78 is 5.21. The molecule has 0 aromatic rings. The van der Waals surface area contributed by atoms with Crippen LogP contribution in [0.3, 0.4) is 0 Å². The Labute approximate surface area is 134 Å². The normalized spacial score (nSPS) is 19.2. The summed E-state index contributed by atoms with van der Waals surface area (Å²) in [6.45, 7) is 8.66. The van der Waals surface area contributed by atoms with Gasteiger partial charge >= 0.3 is 5.97 Å². The number of carbonyl (C=O) groups is 2. The molecule has 1 unspecified atom stereocenters. The maximum absolute atomic E-state index is 12.0. The third-order valence-electron chi connectivity index (χ3n) is 3.27. The first-order chi connectivity index (χ1) is 9.38. The van der Waals surface area contributed by atoms with Gasteiger partial charge in [-0.25, -0.2) is 4.79 Å². The fraction of sp³-hybridized carbons (Fsp3) is 0.867. The SMILES string of the molecule is CC(C)C[C@H](NC(=O)CC1CCCN1)C(=O)OC(C)C.Cl. The van der Waals surface area contributed by atoms with Crippen molar-refractivity contribution in [2.45, 2.75) is 71.6 Å². The summed E-state index contributed by atoms with van der Waals surface area (Å²) in [4.78, 5) is 24.0. The lowest BCUT2D eigenvalue weighted by molar-refractivity contribution is -0.152. The molecule has 0 aliphatic carbocycles. The highest BCUT2D eigenvalue weighted by Crippen LogP contribution is 2.11. The average molecular weight is 321 g/mol. The molecule has 1 heterocycles. The molecule has 0 radical (unpaired) electrons. The Hall–Kier alpha value is -0.810. The number of esters is 1. The van der Waals surface area contributed by atoms with Crippen LogP contribution in [0.4, 0.5) is 0 Å². The van der Waals surface area contributed by atoms with Crippen molar-refractivity contribution in [3.05, 3.63) is 0 Å². The lowest BCUT2D eigenvalue weighted by Crippen LogP contribution is -2.45. The zero-order valence-electron chi connectivity index (χ0n) is 13.5. The molecule has 0 bridgehead atoms. The Bertz CT molecular complexity index is 329. The molecule has 2 atom stereocenters. The zero-order chi connectivity index (χ0) is 15.1. The highest BCUT2D eigenvalue weighted by molar-refractivity contribution is 5.85. The van der Waals surface area contributed by atoms with Crippen LogP contribution in [0.5, 0.6) is 0 Å². The third kappa shape index (κ3) is 8.27. The zero-order valence-corrected chi connectivity index (χ0v) is 14.3. The van der Waals surface area contributed by atoms with Crippen molar-refractivity contribution in [1.82, 2.24) is 10.6 Å². The molecule has 5 nitrogen and oxygen atoms in total. The third-order valence-corrected chi connectivity index (χ3v) is 3.27. The highest BCUT2D eigenvalue weighted by Gasteiger charge is 2.26. The van der Waals surface area contributed by atoms with Crippen LogP contribution in [0.15, 0.2) is 0 Å². The standard InChI is InChI=1S/C15H28N2O3.ClH/c1-10(2)8-13(15(19)20-11(3)4)17-14(18)9-12-6-5-7-16-12;/h10-13,16H,5-9H2,1-4H3,(H,17,18);1H/t12?,13-;/m0./s1. The van der Waals surface area contributed by atoms with Crippen LogP contribution in [0.1, 0.15) is 53.4 Å². The largest absolute Gasteiger partial charge is 0.461 e. The molecule has 1 rings (SSSR count). The van der Waals surface area contributed by atoms with Gasteiger partial charge in [-0.15, -0.1) is 12.4 Å². The number of nitrogens with one attached hydrogen (secondary N) is 2. The highest BCUT2D eigenvalue weighted by atomic mass is 35.5. The molecular formula is C15H29ClN2O3. The summed E-state index contributed by atoms with van der Waals surface area (Å²) >= 11 is 0. The summed E-state index contributed by atoms with van der Waals surface area (Å²) in [6, 6.07) is -0.290. The number of hydrogen-bond donors (Lipinski definition) is 2. The van der Waals surface area contributed by atoms with E-state index >= 15 is 0 Å². The first-order valence-electron chi connectivity index (χ1n) is 7.61. The van der Waals surface area contributed by atoms with E-state index in [2.05, 4.69) is 10.6 Å². The molecule has 6 heteroatoms. The molecule has 0 aromatic heterocycles. The van der Waals surface area contributed by atoms with E-state index in [1.165, 1.54) is 0 Å². The maximum Gasteiger partial charge on any atom is 0.328 e. The number of amides is 1. The average Bonchev–Trinajstić information content (AvgIpc) is 2.79. The lowest BCUT2D eigenvalue weighted by atomic mass is 10.0. The molecule has 1 aliphatic heterocycles. The predicted octanol–water partition coefficient (Wildman–Crippen LogP) is 2.03. The lowest BCUT2D eigenvalue weighted by Gasteiger charge is -2.21. The van der Waals surface area contributed by atoms with E-state index in [1.807, 2.05) is 27.7 Å². The van der Waals surface area contributed by atoms with Crippen molar-refractivity contribution in [3.8, 4) is 0 Å². The second-order valence-electron chi connectivity index (χ2n) is 6.23. The molecule has 1 saturated heterocycles. The van der Waals surface area contributed by atoms with Gasteiger partial charge in [0.2, 0.25) is 5.91 Å². The summed E-state index contributed by atoms with van der Waals surface area (Å²) in [6.07, 6.45) is 3.02. The second kappa shape index (κ2) is 10.0. The van der Waals surface area contributed by atoms with Crippen LogP contribution in [0.2, 0.25) is 0 Å². The fourth-order valence-electron chi connectivity index (χ4n) is 2.41. The van der Waals surface area contributed by atoms with Gasteiger partial charge in [-0.1, -0.05) is 13.8 Å². The van der Waals surface area contributed by atoms with Crippen molar-refractivity contribution in [2.75, 3.05) is 6.54 Å². The number of hydrogen-bond acceptors (Lipinski definition) is 4. The molecule has 1 aliphatic rings. The van der Waals surface area contributed by atoms with Crippen molar-refractivity contribution in [3.63, 3.8) is 0 Å². The number of ether oxygens (including phenoxy) is 1. The van der Waals surface area contributed by atoms with Gasteiger partial charge < -0.3 is 15.4 Å². The minimum atomic E-state index is -0.536.